The molecule has 1 atom stereocenters. The minimum absolute atomic E-state index is 0.496. The van der Waals surface area contributed by atoms with Crippen LogP contribution in [0.4, 0.5) is 0 Å². The Kier molecular flexibility index (Phi) is 6.40. The summed E-state index contributed by atoms with van der Waals surface area (Å²) < 4.78 is 0. The lowest BCUT2D eigenvalue weighted by atomic mass is 9.61. The van der Waals surface area contributed by atoms with Crippen molar-refractivity contribution in [3.63, 3.8) is 0 Å². The van der Waals surface area contributed by atoms with Crippen molar-refractivity contribution in [1.82, 2.24) is 0 Å². The Balaban J connectivity index is 2.58. The van der Waals surface area contributed by atoms with Crippen LogP contribution in [0.1, 0.15) is 99.3 Å². The van der Waals surface area contributed by atoms with E-state index >= 15 is 0 Å². The van der Waals surface area contributed by atoms with Gasteiger partial charge in [0.05, 0.1) is 0 Å². The topological polar surface area (TPSA) is 0 Å². The van der Waals surface area contributed by atoms with Gasteiger partial charge in [-0.05, 0) is 41.9 Å². The van der Waals surface area contributed by atoms with Crippen LogP contribution in [0.25, 0.3) is 0 Å². The second-order valence-corrected chi connectivity index (χ2v) is 8.53. The fraction of sp³-hybridized carbons (Fsp3) is 1.00. The summed E-state index contributed by atoms with van der Waals surface area (Å²) in [5, 5.41) is 0. The maximum absolute atomic E-state index is 2.54. The molecule has 0 nitrogen and oxygen atoms in total. The number of unbranched alkanes of at least 4 members (excludes halogenated alkanes) is 1. The predicted octanol–water partition coefficient (Wildman–Crippen LogP) is 6.84. The average Bonchev–Trinajstić information content (AvgIpc) is 2.35. The molecule has 19 heavy (non-hydrogen) atoms. The highest BCUT2D eigenvalue weighted by Crippen LogP contribution is 2.48. The Bertz CT molecular complexity index is 243. The van der Waals surface area contributed by atoms with E-state index in [4.69, 9.17) is 0 Å². The highest BCUT2D eigenvalue weighted by Gasteiger charge is 2.37. The smallest absolute Gasteiger partial charge is 0.0321 e. The van der Waals surface area contributed by atoms with Crippen LogP contribution < -0.4 is 0 Å². The molecule has 0 aromatic carbocycles. The zero-order valence-corrected chi connectivity index (χ0v) is 14.5. The van der Waals surface area contributed by atoms with Gasteiger partial charge in [0.1, 0.15) is 0 Å². The minimum Gasteiger partial charge on any atom is -0.0654 e. The number of hydrogen-bond donors (Lipinski definition) is 0. The van der Waals surface area contributed by atoms with Crippen molar-refractivity contribution in [2.75, 3.05) is 0 Å². The second-order valence-electron chi connectivity index (χ2n) is 8.53. The molecule has 1 saturated carbocycles. The molecule has 0 aliphatic heterocycles. The van der Waals surface area contributed by atoms with Gasteiger partial charge in [-0.15, -0.1) is 0 Å². The molecule has 1 aliphatic rings. The molecule has 0 saturated heterocycles. The molecule has 1 aliphatic carbocycles. The standard InChI is InChI=1S/C19H38/c1-7-8-12-16(2)18(3,4)15-19(5,6)17-13-10-9-11-14-17/h16-17H,7-15H2,1-6H3. The third kappa shape index (κ3) is 5.12. The molecule has 0 radical (unpaired) electrons. The first kappa shape index (κ1) is 17.1. The van der Waals surface area contributed by atoms with E-state index in [0.29, 0.717) is 10.8 Å². The van der Waals surface area contributed by atoms with Crippen molar-refractivity contribution in [3.05, 3.63) is 0 Å². The molecule has 1 rings (SSSR count). The molecule has 0 amide bonds. The molecule has 0 bridgehead atoms. The Labute approximate surface area is 122 Å². The van der Waals surface area contributed by atoms with Gasteiger partial charge in [-0.2, -0.15) is 0 Å². The van der Waals surface area contributed by atoms with Crippen molar-refractivity contribution < 1.29 is 0 Å². The number of hydrogen-bond acceptors (Lipinski definition) is 0. The Morgan fingerprint density at radius 2 is 1.58 bits per heavy atom. The molecule has 0 heterocycles. The van der Waals surface area contributed by atoms with Gasteiger partial charge in [0, 0.05) is 0 Å². The lowest BCUT2D eigenvalue weighted by molar-refractivity contribution is 0.0601. The predicted molar refractivity (Wildman–Crippen MR) is 87.4 cm³/mol. The molecule has 0 aromatic heterocycles. The van der Waals surface area contributed by atoms with Crippen LogP contribution in [0.15, 0.2) is 0 Å². The Hall–Kier alpha value is 0. The Morgan fingerprint density at radius 1 is 1.00 bits per heavy atom. The van der Waals surface area contributed by atoms with Gasteiger partial charge in [0.25, 0.3) is 0 Å². The van der Waals surface area contributed by atoms with Crippen molar-refractivity contribution in [2.24, 2.45) is 22.7 Å². The highest BCUT2D eigenvalue weighted by atomic mass is 14.4. The lowest BCUT2D eigenvalue weighted by Gasteiger charge is -2.44. The molecule has 1 fully saturated rings. The molecular weight excluding hydrogens is 228 g/mol. The average molecular weight is 267 g/mol. The second kappa shape index (κ2) is 7.14. The summed E-state index contributed by atoms with van der Waals surface area (Å²) in [7, 11) is 0. The van der Waals surface area contributed by atoms with Crippen LogP contribution in [-0.4, -0.2) is 0 Å². The van der Waals surface area contributed by atoms with E-state index in [1.54, 1.807) is 0 Å². The van der Waals surface area contributed by atoms with Crippen molar-refractivity contribution in [2.45, 2.75) is 99.3 Å². The van der Waals surface area contributed by atoms with Crippen LogP contribution in [-0.2, 0) is 0 Å². The van der Waals surface area contributed by atoms with Crippen LogP contribution in [0.3, 0.4) is 0 Å². The van der Waals surface area contributed by atoms with E-state index in [2.05, 4.69) is 41.5 Å². The van der Waals surface area contributed by atoms with Crippen molar-refractivity contribution in [3.8, 4) is 0 Å². The first-order valence-corrected chi connectivity index (χ1v) is 8.79. The van der Waals surface area contributed by atoms with Gasteiger partial charge in [-0.25, -0.2) is 0 Å². The van der Waals surface area contributed by atoms with Crippen LogP contribution in [0, 0.1) is 22.7 Å². The first-order valence-electron chi connectivity index (χ1n) is 8.79. The SMILES string of the molecule is CCCCC(C)C(C)(C)CC(C)(C)C1CCCCC1. The van der Waals surface area contributed by atoms with E-state index in [0.717, 1.165) is 11.8 Å². The van der Waals surface area contributed by atoms with E-state index < -0.39 is 0 Å². The first-order chi connectivity index (χ1) is 8.79. The normalized spacial score (nSPS) is 20.5. The van der Waals surface area contributed by atoms with Gasteiger partial charge >= 0.3 is 0 Å². The van der Waals surface area contributed by atoms with E-state index in [1.165, 1.54) is 57.8 Å². The Morgan fingerprint density at radius 3 is 2.11 bits per heavy atom. The summed E-state index contributed by atoms with van der Waals surface area (Å²) in [6.07, 6.45) is 12.9. The monoisotopic (exact) mass is 266 g/mol. The van der Waals surface area contributed by atoms with Gasteiger partial charge in [0.15, 0.2) is 0 Å². The third-order valence-corrected chi connectivity index (χ3v) is 5.95. The molecule has 0 N–H and O–H groups in total. The molecule has 0 aromatic rings. The maximum Gasteiger partial charge on any atom is -0.0321 e. The summed E-state index contributed by atoms with van der Waals surface area (Å²) in [5.41, 5.74) is 1.03. The third-order valence-electron chi connectivity index (χ3n) is 5.95. The van der Waals surface area contributed by atoms with Crippen molar-refractivity contribution >= 4 is 0 Å². The van der Waals surface area contributed by atoms with Gasteiger partial charge < -0.3 is 0 Å². The fourth-order valence-electron chi connectivity index (χ4n) is 4.28. The lowest BCUT2D eigenvalue weighted by Crippen LogP contribution is -2.34. The van der Waals surface area contributed by atoms with E-state index in [1.807, 2.05) is 0 Å². The quantitative estimate of drug-likeness (QED) is 0.473. The molecular formula is C19H38. The minimum atomic E-state index is 0.496. The molecule has 0 spiro atoms. The number of rotatable bonds is 7. The van der Waals surface area contributed by atoms with E-state index in [9.17, 15) is 0 Å². The summed E-state index contributed by atoms with van der Waals surface area (Å²) >= 11 is 0. The summed E-state index contributed by atoms with van der Waals surface area (Å²) in [4.78, 5) is 0. The fourth-order valence-corrected chi connectivity index (χ4v) is 4.28. The van der Waals surface area contributed by atoms with Crippen LogP contribution in [0.2, 0.25) is 0 Å². The van der Waals surface area contributed by atoms with Crippen LogP contribution >= 0.6 is 0 Å². The van der Waals surface area contributed by atoms with Gasteiger partial charge in [-0.3, -0.25) is 0 Å². The highest BCUT2D eigenvalue weighted by molar-refractivity contribution is 4.88. The van der Waals surface area contributed by atoms with Gasteiger partial charge in [-0.1, -0.05) is 80.1 Å². The summed E-state index contributed by atoms with van der Waals surface area (Å²) in [5.74, 6) is 1.83. The summed E-state index contributed by atoms with van der Waals surface area (Å²) in [6, 6.07) is 0. The maximum atomic E-state index is 2.54. The van der Waals surface area contributed by atoms with Crippen LogP contribution in [0.5, 0.6) is 0 Å². The molecule has 1 unspecified atom stereocenters. The summed E-state index contributed by atoms with van der Waals surface area (Å²) in [6.45, 7) is 14.9. The largest absolute Gasteiger partial charge is 0.0654 e. The van der Waals surface area contributed by atoms with E-state index in [-0.39, 0.29) is 0 Å². The van der Waals surface area contributed by atoms with Crippen molar-refractivity contribution in [1.29, 1.82) is 0 Å². The zero-order chi connectivity index (χ0) is 14.5. The zero-order valence-electron chi connectivity index (χ0n) is 14.5. The molecule has 114 valence electrons. The van der Waals surface area contributed by atoms with Gasteiger partial charge in [0.2, 0.25) is 0 Å². The molecule has 0 heteroatoms.